The van der Waals surface area contributed by atoms with Gasteiger partial charge < -0.3 is 14.3 Å². The van der Waals surface area contributed by atoms with E-state index < -0.39 is 5.63 Å². The van der Waals surface area contributed by atoms with Crippen LogP contribution >= 0.6 is 15.9 Å². The monoisotopic (exact) mass is 270 g/mol. The maximum absolute atomic E-state index is 11.3. The van der Waals surface area contributed by atoms with Crippen LogP contribution in [0.1, 0.15) is 0 Å². The summed E-state index contributed by atoms with van der Waals surface area (Å²) in [7, 11) is 1.47. The van der Waals surface area contributed by atoms with Gasteiger partial charge in [-0.25, -0.2) is 4.79 Å². The van der Waals surface area contributed by atoms with Gasteiger partial charge >= 0.3 is 5.63 Å². The summed E-state index contributed by atoms with van der Waals surface area (Å²) in [6, 6.07) is 4.99. The molecule has 0 aliphatic rings. The van der Waals surface area contributed by atoms with Crippen LogP contribution < -0.4 is 10.4 Å². The predicted molar refractivity (Wildman–Crippen MR) is 58.4 cm³/mol. The van der Waals surface area contributed by atoms with E-state index in [0.29, 0.717) is 11.1 Å². The number of hydrogen-bond donors (Lipinski definition) is 1. The van der Waals surface area contributed by atoms with Crippen LogP contribution in [0.5, 0.6) is 11.5 Å². The maximum atomic E-state index is 11.3. The Hall–Kier alpha value is -1.49. The number of methoxy groups -OCH3 is 1. The fourth-order valence-electron chi connectivity index (χ4n) is 1.32. The minimum Gasteiger partial charge on any atom is -0.506 e. The molecule has 0 atom stereocenters. The van der Waals surface area contributed by atoms with Crippen LogP contribution in [-0.4, -0.2) is 12.2 Å². The van der Waals surface area contributed by atoms with Gasteiger partial charge in [-0.2, -0.15) is 0 Å². The fraction of sp³-hybridized carbons (Fsp3) is 0.100. The Labute approximate surface area is 93.2 Å². The minimum atomic E-state index is -0.635. The van der Waals surface area contributed by atoms with Gasteiger partial charge in [0.05, 0.1) is 12.5 Å². The molecule has 0 aliphatic heterocycles. The van der Waals surface area contributed by atoms with E-state index >= 15 is 0 Å². The highest BCUT2D eigenvalue weighted by Gasteiger charge is 2.13. The second-order valence-electron chi connectivity index (χ2n) is 2.89. The number of ether oxygens (including phenoxy) is 1. The lowest BCUT2D eigenvalue weighted by Crippen LogP contribution is -2.00. The Morgan fingerprint density at radius 2 is 2.20 bits per heavy atom. The molecular formula is C10H7BrO4. The SMILES string of the molecule is COc1cccc2c(O)c(Br)c(=O)oc12. The molecule has 0 saturated heterocycles. The highest BCUT2D eigenvalue weighted by molar-refractivity contribution is 9.10. The van der Waals surface area contributed by atoms with Gasteiger partial charge in [-0.15, -0.1) is 0 Å². The van der Waals surface area contributed by atoms with E-state index in [9.17, 15) is 9.90 Å². The van der Waals surface area contributed by atoms with Crippen LogP contribution in [0.15, 0.2) is 31.9 Å². The Kier molecular flexibility index (Phi) is 2.40. The molecule has 1 aromatic carbocycles. The fourth-order valence-corrected chi connectivity index (χ4v) is 1.62. The number of hydrogen-bond acceptors (Lipinski definition) is 4. The van der Waals surface area contributed by atoms with Crippen molar-refractivity contribution >= 4 is 26.9 Å². The lowest BCUT2D eigenvalue weighted by Gasteiger charge is -2.05. The maximum Gasteiger partial charge on any atom is 0.354 e. The average Bonchev–Trinajstić information content (AvgIpc) is 2.25. The predicted octanol–water partition coefficient (Wildman–Crippen LogP) is 2.27. The molecule has 0 bridgehead atoms. The van der Waals surface area contributed by atoms with E-state index in [-0.39, 0.29) is 15.8 Å². The second-order valence-corrected chi connectivity index (χ2v) is 3.68. The Bertz CT molecular complexity index is 573. The van der Waals surface area contributed by atoms with Gasteiger partial charge in [0, 0.05) is 0 Å². The van der Waals surface area contributed by atoms with E-state index in [1.807, 2.05) is 0 Å². The van der Waals surface area contributed by atoms with E-state index in [1.54, 1.807) is 18.2 Å². The third-order valence-electron chi connectivity index (χ3n) is 2.04. The summed E-state index contributed by atoms with van der Waals surface area (Å²) in [5.41, 5.74) is -0.393. The van der Waals surface area contributed by atoms with Crippen molar-refractivity contribution < 1.29 is 14.3 Å². The Balaban J connectivity index is 2.98. The first-order chi connectivity index (χ1) is 7.15. The van der Waals surface area contributed by atoms with Crippen LogP contribution in [-0.2, 0) is 0 Å². The number of halogens is 1. The molecule has 15 heavy (non-hydrogen) atoms. The molecule has 2 aromatic rings. The molecule has 78 valence electrons. The van der Waals surface area contributed by atoms with Crippen molar-refractivity contribution in [2.24, 2.45) is 0 Å². The summed E-state index contributed by atoms with van der Waals surface area (Å²) in [5.74, 6) is 0.271. The van der Waals surface area contributed by atoms with Crippen LogP contribution in [0, 0.1) is 0 Å². The van der Waals surface area contributed by atoms with Gasteiger partial charge in [-0.1, -0.05) is 6.07 Å². The zero-order valence-electron chi connectivity index (χ0n) is 7.78. The van der Waals surface area contributed by atoms with Crippen molar-refractivity contribution in [1.82, 2.24) is 0 Å². The smallest absolute Gasteiger partial charge is 0.354 e. The average molecular weight is 271 g/mol. The second kappa shape index (κ2) is 3.58. The van der Waals surface area contributed by atoms with E-state index in [0.717, 1.165) is 0 Å². The van der Waals surface area contributed by atoms with Crippen molar-refractivity contribution in [2.45, 2.75) is 0 Å². The molecule has 2 rings (SSSR count). The van der Waals surface area contributed by atoms with E-state index in [1.165, 1.54) is 7.11 Å². The summed E-state index contributed by atoms with van der Waals surface area (Å²) in [6.07, 6.45) is 0. The molecule has 4 nitrogen and oxygen atoms in total. The number of rotatable bonds is 1. The van der Waals surface area contributed by atoms with Crippen molar-refractivity contribution in [2.75, 3.05) is 7.11 Å². The summed E-state index contributed by atoms with van der Waals surface area (Å²) >= 11 is 2.95. The van der Waals surface area contributed by atoms with Crippen molar-refractivity contribution in [3.8, 4) is 11.5 Å². The molecule has 0 saturated carbocycles. The zero-order valence-corrected chi connectivity index (χ0v) is 9.37. The van der Waals surface area contributed by atoms with Crippen LogP contribution in [0.25, 0.3) is 11.0 Å². The molecule has 5 heteroatoms. The number of aromatic hydroxyl groups is 1. The Morgan fingerprint density at radius 3 is 2.87 bits per heavy atom. The quantitative estimate of drug-likeness (QED) is 0.808. The number of fused-ring (bicyclic) bond motifs is 1. The van der Waals surface area contributed by atoms with Gasteiger partial charge in [-0.05, 0) is 28.1 Å². The first-order valence-electron chi connectivity index (χ1n) is 4.13. The minimum absolute atomic E-state index is 0.0169. The first-order valence-corrected chi connectivity index (χ1v) is 4.92. The van der Waals surface area contributed by atoms with Gasteiger partial charge in [-0.3, -0.25) is 0 Å². The first kappa shape index (κ1) is 10.0. The molecular weight excluding hydrogens is 264 g/mol. The highest BCUT2D eigenvalue weighted by Crippen LogP contribution is 2.33. The van der Waals surface area contributed by atoms with E-state index in [2.05, 4.69) is 15.9 Å². The molecule has 0 unspecified atom stereocenters. The van der Waals surface area contributed by atoms with Crippen LogP contribution in [0.4, 0.5) is 0 Å². The summed E-state index contributed by atoms with van der Waals surface area (Å²) in [6.45, 7) is 0. The highest BCUT2D eigenvalue weighted by atomic mass is 79.9. The summed E-state index contributed by atoms with van der Waals surface area (Å²) < 4.78 is 10.0. The van der Waals surface area contributed by atoms with E-state index in [4.69, 9.17) is 9.15 Å². The molecule has 0 amide bonds. The van der Waals surface area contributed by atoms with Crippen LogP contribution in [0.2, 0.25) is 0 Å². The van der Waals surface area contributed by atoms with Crippen LogP contribution in [0.3, 0.4) is 0 Å². The normalized spacial score (nSPS) is 10.5. The molecule has 0 aliphatic carbocycles. The molecule has 0 spiro atoms. The van der Waals surface area contributed by atoms with Crippen molar-refractivity contribution in [1.29, 1.82) is 0 Å². The third kappa shape index (κ3) is 1.48. The largest absolute Gasteiger partial charge is 0.506 e. The van der Waals surface area contributed by atoms with Gasteiger partial charge in [0.1, 0.15) is 10.2 Å². The number of benzene rings is 1. The van der Waals surface area contributed by atoms with Gasteiger partial charge in [0.25, 0.3) is 0 Å². The summed E-state index contributed by atoms with van der Waals surface area (Å²) in [4.78, 5) is 11.3. The zero-order chi connectivity index (χ0) is 11.0. The molecule has 1 heterocycles. The molecule has 1 N–H and O–H groups in total. The molecule has 0 radical (unpaired) electrons. The lowest BCUT2D eigenvalue weighted by molar-refractivity contribution is 0.403. The topological polar surface area (TPSA) is 59.7 Å². The Morgan fingerprint density at radius 1 is 1.47 bits per heavy atom. The van der Waals surface area contributed by atoms with Gasteiger partial charge in [0.15, 0.2) is 11.3 Å². The molecule has 1 aromatic heterocycles. The molecule has 0 fully saturated rings. The van der Waals surface area contributed by atoms with Crippen molar-refractivity contribution in [3.63, 3.8) is 0 Å². The van der Waals surface area contributed by atoms with Gasteiger partial charge in [0.2, 0.25) is 0 Å². The number of para-hydroxylation sites is 1. The summed E-state index contributed by atoms with van der Waals surface area (Å²) in [5, 5.41) is 10.1. The van der Waals surface area contributed by atoms with Crippen molar-refractivity contribution in [3.05, 3.63) is 33.1 Å². The lowest BCUT2D eigenvalue weighted by atomic mass is 10.2. The standard InChI is InChI=1S/C10H7BrO4/c1-14-6-4-2-3-5-8(12)7(11)10(13)15-9(5)6/h2-4,12H,1H3. The third-order valence-corrected chi connectivity index (χ3v) is 2.74.